The van der Waals surface area contributed by atoms with Crippen molar-refractivity contribution < 1.29 is 4.74 Å². The van der Waals surface area contributed by atoms with Crippen molar-refractivity contribution in [2.24, 2.45) is 0 Å². The van der Waals surface area contributed by atoms with Crippen molar-refractivity contribution in [3.63, 3.8) is 0 Å². The van der Waals surface area contributed by atoms with Gasteiger partial charge in [-0.05, 0) is 53.5 Å². The molecule has 1 saturated heterocycles. The molecule has 4 nitrogen and oxygen atoms in total. The van der Waals surface area contributed by atoms with Crippen molar-refractivity contribution in [3.8, 4) is 0 Å². The maximum absolute atomic E-state index is 6.20. The lowest BCUT2D eigenvalue weighted by atomic mass is 10.2. The number of hydrogen-bond donors (Lipinski definition) is 2. The Labute approximate surface area is 131 Å². The largest absolute Gasteiger partial charge is 0.376 e. The van der Waals surface area contributed by atoms with Gasteiger partial charge < -0.3 is 15.4 Å². The minimum atomic E-state index is 0.245. The summed E-state index contributed by atoms with van der Waals surface area (Å²) in [5, 5.41) is 7.19. The number of halogens is 2. The van der Waals surface area contributed by atoms with Crippen molar-refractivity contribution in [3.05, 3.63) is 21.3 Å². The Morgan fingerprint density at radius 2 is 2.47 bits per heavy atom. The zero-order valence-electron chi connectivity index (χ0n) is 10.5. The van der Waals surface area contributed by atoms with Gasteiger partial charge in [0.15, 0.2) is 10.9 Å². The van der Waals surface area contributed by atoms with E-state index in [1.807, 2.05) is 6.92 Å². The van der Waals surface area contributed by atoms with Crippen LogP contribution in [0.1, 0.15) is 18.4 Å². The lowest BCUT2D eigenvalue weighted by molar-refractivity contribution is 0.114. The standard InChI is InChI=1S/C12H15BrClN3OS/c1-7-9(13)6-15-11(10(7)14)17-12(19)16-5-8-3-2-4-18-8/h6,8H,2-5H2,1H3,(H2,15,16,17,19)/t8-/m1/s1. The van der Waals surface area contributed by atoms with Gasteiger partial charge in [-0.2, -0.15) is 0 Å². The molecule has 0 unspecified atom stereocenters. The van der Waals surface area contributed by atoms with Crippen LogP contribution in [0.5, 0.6) is 0 Å². The van der Waals surface area contributed by atoms with Crippen LogP contribution in [0.3, 0.4) is 0 Å². The summed E-state index contributed by atoms with van der Waals surface area (Å²) in [6.45, 7) is 3.47. The van der Waals surface area contributed by atoms with Gasteiger partial charge in [0.25, 0.3) is 0 Å². The van der Waals surface area contributed by atoms with Gasteiger partial charge in [0.1, 0.15) is 0 Å². The average Bonchev–Trinajstić information content (AvgIpc) is 2.90. The van der Waals surface area contributed by atoms with E-state index in [0.717, 1.165) is 29.5 Å². The fraction of sp³-hybridized carbons (Fsp3) is 0.500. The maximum atomic E-state index is 6.20. The molecule has 1 atom stereocenters. The first-order valence-electron chi connectivity index (χ1n) is 6.05. The number of rotatable bonds is 3. The van der Waals surface area contributed by atoms with Crippen molar-refractivity contribution in [2.45, 2.75) is 25.9 Å². The van der Waals surface area contributed by atoms with Crippen LogP contribution in [0.15, 0.2) is 10.7 Å². The molecule has 1 aromatic heterocycles. The molecule has 19 heavy (non-hydrogen) atoms. The van der Waals surface area contributed by atoms with E-state index in [-0.39, 0.29) is 6.10 Å². The van der Waals surface area contributed by atoms with E-state index in [9.17, 15) is 0 Å². The van der Waals surface area contributed by atoms with Crippen LogP contribution in [0.4, 0.5) is 5.82 Å². The van der Waals surface area contributed by atoms with Crippen molar-refractivity contribution in [1.82, 2.24) is 10.3 Å². The van der Waals surface area contributed by atoms with Gasteiger partial charge in [-0.1, -0.05) is 11.6 Å². The van der Waals surface area contributed by atoms with Gasteiger partial charge in [-0.15, -0.1) is 0 Å². The first-order valence-corrected chi connectivity index (χ1v) is 7.63. The predicted octanol–water partition coefficient (Wildman–Crippen LogP) is 3.27. The van der Waals surface area contributed by atoms with Crippen molar-refractivity contribution in [1.29, 1.82) is 0 Å². The molecule has 0 bridgehead atoms. The Balaban J connectivity index is 1.89. The van der Waals surface area contributed by atoms with E-state index < -0.39 is 0 Å². The number of ether oxygens (including phenoxy) is 1. The lowest BCUT2D eigenvalue weighted by Gasteiger charge is -2.15. The highest BCUT2D eigenvalue weighted by Crippen LogP contribution is 2.28. The van der Waals surface area contributed by atoms with E-state index in [2.05, 4.69) is 31.5 Å². The second-order valence-corrected chi connectivity index (χ2v) is 6.00. The van der Waals surface area contributed by atoms with Gasteiger partial charge in [0.2, 0.25) is 0 Å². The summed E-state index contributed by atoms with van der Waals surface area (Å²) < 4.78 is 6.39. The van der Waals surface area contributed by atoms with E-state index in [1.165, 1.54) is 0 Å². The Hall–Kier alpha value is -0.430. The third kappa shape index (κ3) is 4.02. The predicted molar refractivity (Wildman–Crippen MR) is 84.9 cm³/mol. The molecular formula is C12H15BrClN3OS. The van der Waals surface area contributed by atoms with Crippen LogP contribution < -0.4 is 10.6 Å². The molecule has 2 heterocycles. The van der Waals surface area contributed by atoms with Gasteiger partial charge in [0.05, 0.1) is 11.1 Å². The number of nitrogens with zero attached hydrogens (tertiary/aromatic N) is 1. The number of pyridine rings is 1. The van der Waals surface area contributed by atoms with Crippen LogP contribution in [0, 0.1) is 6.92 Å². The van der Waals surface area contributed by atoms with Gasteiger partial charge in [-0.25, -0.2) is 4.98 Å². The summed E-state index contributed by atoms with van der Waals surface area (Å²) in [5.74, 6) is 0.562. The van der Waals surface area contributed by atoms with E-state index in [4.69, 9.17) is 28.6 Å². The number of aromatic nitrogens is 1. The number of thiocarbonyl (C=S) groups is 1. The van der Waals surface area contributed by atoms with Crippen LogP contribution in [0.25, 0.3) is 0 Å². The van der Waals surface area contributed by atoms with Gasteiger partial charge in [0, 0.05) is 23.8 Å². The molecule has 1 aromatic rings. The third-order valence-corrected chi connectivity index (χ3v) is 4.46. The molecule has 1 fully saturated rings. The normalized spacial score (nSPS) is 18.4. The van der Waals surface area contributed by atoms with Crippen LogP contribution in [-0.4, -0.2) is 29.4 Å². The first-order chi connectivity index (χ1) is 9.08. The number of nitrogens with one attached hydrogen (secondary N) is 2. The van der Waals surface area contributed by atoms with E-state index >= 15 is 0 Å². The van der Waals surface area contributed by atoms with E-state index in [1.54, 1.807) is 6.20 Å². The molecule has 2 N–H and O–H groups in total. The highest BCUT2D eigenvalue weighted by molar-refractivity contribution is 9.10. The van der Waals surface area contributed by atoms with Crippen LogP contribution in [0.2, 0.25) is 5.02 Å². The molecule has 7 heteroatoms. The quantitative estimate of drug-likeness (QED) is 0.806. The highest BCUT2D eigenvalue weighted by atomic mass is 79.9. The lowest BCUT2D eigenvalue weighted by Crippen LogP contribution is -2.35. The monoisotopic (exact) mass is 363 g/mol. The fourth-order valence-corrected chi connectivity index (χ4v) is 2.60. The molecule has 0 radical (unpaired) electrons. The zero-order chi connectivity index (χ0) is 13.8. The molecule has 0 amide bonds. The van der Waals surface area contributed by atoms with Crippen molar-refractivity contribution >= 4 is 50.7 Å². The second kappa shape index (κ2) is 6.83. The van der Waals surface area contributed by atoms with Gasteiger partial charge >= 0.3 is 0 Å². The molecule has 2 rings (SSSR count). The minimum absolute atomic E-state index is 0.245. The summed E-state index contributed by atoms with van der Waals surface area (Å²) in [4.78, 5) is 4.21. The van der Waals surface area contributed by atoms with Crippen LogP contribution >= 0.6 is 39.7 Å². The van der Waals surface area contributed by atoms with E-state index in [0.29, 0.717) is 22.5 Å². The zero-order valence-corrected chi connectivity index (χ0v) is 13.7. The minimum Gasteiger partial charge on any atom is -0.376 e. The SMILES string of the molecule is Cc1c(Br)cnc(NC(=S)NC[C@H]2CCCO2)c1Cl. The topological polar surface area (TPSA) is 46.2 Å². The molecular weight excluding hydrogens is 350 g/mol. The Bertz CT molecular complexity index is 480. The molecule has 0 aliphatic carbocycles. The highest BCUT2D eigenvalue weighted by Gasteiger charge is 2.16. The fourth-order valence-electron chi connectivity index (χ4n) is 1.81. The number of anilines is 1. The summed E-state index contributed by atoms with van der Waals surface area (Å²) in [5.41, 5.74) is 0.932. The van der Waals surface area contributed by atoms with Crippen molar-refractivity contribution in [2.75, 3.05) is 18.5 Å². The third-order valence-electron chi connectivity index (χ3n) is 2.95. The first kappa shape index (κ1) is 15.0. The molecule has 1 aliphatic rings. The molecule has 1 aliphatic heterocycles. The Morgan fingerprint density at radius 3 is 3.16 bits per heavy atom. The molecule has 0 aromatic carbocycles. The van der Waals surface area contributed by atoms with Gasteiger partial charge in [-0.3, -0.25) is 0 Å². The average molecular weight is 365 g/mol. The molecule has 0 saturated carbocycles. The maximum Gasteiger partial charge on any atom is 0.172 e. The number of hydrogen-bond acceptors (Lipinski definition) is 3. The smallest absolute Gasteiger partial charge is 0.172 e. The second-order valence-electron chi connectivity index (χ2n) is 4.36. The molecule has 0 spiro atoms. The van der Waals surface area contributed by atoms with Crippen LogP contribution in [-0.2, 0) is 4.74 Å². The summed E-state index contributed by atoms with van der Waals surface area (Å²) in [6, 6.07) is 0. The summed E-state index contributed by atoms with van der Waals surface area (Å²) in [7, 11) is 0. The summed E-state index contributed by atoms with van der Waals surface area (Å²) >= 11 is 14.8. The Kier molecular flexibility index (Phi) is 5.38. The molecule has 104 valence electrons. The summed E-state index contributed by atoms with van der Waals surface area (Å²) in [6.07, 6.45) is 4.14. The Morgan fingerprint density at radius 1 is 1.68 bits per heavy atom.